The summed E-state index contributed by atoms with van der Waals surface area (Å²) in [6.45, 7) is 19.9. The molecule has 0 aliphatic heterocycles. The fraction of sp³-hybridized carbons (Fsp3) is 0.667. The second kappa shape index (κ2) is 15.5. The maximum absolute atomic E-state index is 2.29. The van der Waals surface area contributed by atoms with E-state index in [1.165, 1.54) is 36.8 Å². The van der Waals surface area contributed by atoms with Crippen molar-refractivity contribution in [2.45, 2.75) is 94.4 Å². The zero-order chi connectivity index (χ0) is 19.0. The molecule has 0 N–H and O–H groups in total. The first-order valence-electron chi connectivity index (χ1n) is 9.90. The fourth-order valence-electron chi connectivity index (χ4n) is 1.88. The second-order valence-electron chi connectivity index (χ2n) is 7.57. The average molecular weight is 333 g/mol. The largest absolute Gasteiger partial charge is 0.0845 e. The molecular weight excluding hydrogens is 288 g/mol. The summed E-state index contributed by atoms with van der Waals surface area (Å²) in [5, 5.41) is 0. The summed E-state index contributed by atoms with van der Waals surface area (Å²) in [6, 6.07) is 0. The van der Waals surface area contributed by atoms with Gasteiger partial charge in [-0.1, -0.05) is 96.9 Å². The highest BCUT2D eigenvalue weighted by Gasteiger charge is 2.17. The Labute approximate surface area is 153 Å². The topological polar surface area (TPSA) is 0 Å². The maximum Gasteiger partial charge on any atom is -0.0110 e. The van der Waals surface area contributed by atoms with Gasteiger partial charge < -0.3 is 0 Å². The Balaban J connectivity index is 0. The minimum Gasteiger partial charge on any atom is -0.0845 e. The lowest BCUT2D eigenvalue weighted by Crippen LogP contribution is -2.11. The van der Waals surface area contributed by atoms with E-state index in [-0.39, 0.29) is 0 Å². The van der Waals surface area contributed by atoms with E-state index in [9.17, 15) is 0 Å². The number of rotatable bonds is 5. The van der Waals surface area contributed by atoms with E-state index in [4.69, 9.17) is 0 Å². The Morgan fingerprint density at radius 2 is 1.79 bits per heavy atom. The van der Waals surface area contributed by atoms with Gasteiger partial charge in [-0.05, 0) is 56.4 Å². The van der Waals surface area contributed by atoms with E-state index in [1.54, 1.807) is 0 Å². The molecule has 0 radical (unpaired) electrons. The van der Waals surface area contributed by atoms with Crippen LogP contribution in [0.25, 0.3) is 0 Å². The van der Waals surface area contributed by atoms with Crippen LogP contribution in [-0.4, -0.2) is 0 Å². The van der Waals surface area contributed by atoms with Gasteiger partial charge in [-0.2, -0.15) is 0 Å². The highest BCUT2D eigenvalue weighted by atomic mass is 14.2. The van der Waals surface area contributed by atoms with E-state index in [1.807, 2.05) is 0 Å². The van der Waals surface area contributed by atoms with Crippen molar-refractivity contribution in [3.63, 3.8) is 0 Å². The van der Waals surface area contributed by atoms with Gasteiger partial charge in [-0.25, -0.2) is 0 Å². The summed E-state index contributed by atoms with van der Waals surface area (Å²) in [4.78, 5) is 0. The predicted octanol–water partition coefficient (Wildman–Crippen LogP) is 8.67. The van der Waals surface area contributed by atoms with E-state index in [0.29, 0.717) is 5.41 Å². The van der Waals surface area contributed by atoms with Crippen LogP contribution < -0.4 is 0 Å². The van der Waals surface area contributed by atoms with E-state index >= 15 is 0 Å². The Bertz CT molecular complexity index is 400. The lowest BCUT2D eigenvalue weighted by Gasteiger charge is -2.24. The molecule has 0 bridgehead atoms. The molecule has 140 valence electrons. The Kier molecular flexibility index (Phi) is 16.3. The van der Waals surface area contributed by atoms with Crippen LogP contribution in [0.1, 0.15) is 94.4 Å². The van der Waals surface area contributed by atoms with Gasteiger partial charge in [0.05, 0.1) is 0 Å². The van der Waals surface area contributed by atoms with Crippen LogP contribution in [0.2, 0.25) is 0 Å². The van der Waals surface area contributed by atoms with Crippen molar-refractivity contribution in [1.82, 2.24) is 0 Å². The van der Waals surface area contributed by atoms with Gasteiger partial charge in [-0.3, -0.25) is 0 Å². The van der Waals surface area contributed by atoms with Crippen molar-refractivity contribution in [2.24, 2.45) is 11.3 Å². The monoisotopic (exact) mass is 332 g/mol. The molecule has 0 saturated carbocycles. The highest BCUT2D eigenvalue weighted by Crippen LogP contribution is 2.30. The van der Waals surface area contributed by atoms with Crippen LogP contribution in [0.5, 0.6) is 0 Å². The molecule has 1 rings (SSSR count). The van der Waals surface area contributed by atoms with E-state index < -0.39 is 0 Å². The maximum atomic E-state index is 2.29. The van der Waals surface area contributed by atoms with Gasteiger partial charge in [0, 0.05) is 0 Å². The van der Waals surface area contributed by atoms with Crippen LogP contribution in [0.4, 0.5) is 0 Å². The van der Waals surface area contributed by atoms with Crippen LogP contribution in [0.3, 0.4) is 0 Å². The van der Waals surface area contributed by atoms with Crippen molar-refractivity contribution in [3.8, 4) is 0 Å². The molecule has 0 aromatic heterocycles. The Morgan fingerprint density at radius 3 is 2.04 bits per heavy atom. The molecule has 1 aliphatic carbocycles. The highest BCUT2D eigenvalue weighted by molar-refractivity contribution is 5.24. The lowest BCUT2D eigenvalue weighted by molar-refractivity contribution is 0.439. The number of hydrogen-bond acceptors (Lipinski definition) is 0. The lowest BCUT2D eigenvalue weighted by atomic mass is 9.81. The number of allylic oxidation sites excluding steroid dienone is 8. The van der Waals surface area contributed by atoms with E-state index in [2.05, 4.69) is 98.8 Å². The van der Waals surface area contributed by atoms with Gasteiger partial charge in [0.15, 0.2) is 0 Å². The molecule has 0 heterocycles. The van der Waals surface area contributed by atoms with Crippen LogP contribution in [0, 0.1) is 11.3 Å². The molecule has 0 nitrogen and oxygen atoms in total. The molecule has 0 spiro atoms. The predicted molar refractivity (Wildman–Crippen MR) is 115 cm³/mol. The molecule has 0 heteroatoms. The first-order valence-corrected chi connectivity index (χ1v) is 9.90. The summed E-state index contributed by atoms with van der Waals surface area (Å²) in [5.74, 6) is 0.884. The van der Waals surface area contributed by atoms with Gasteiger partial charge in [0.25, 0.3) is 0 Å². The smallest absolute Gasteiger partial charge is 0.0110 e. The van der Waals surface area contributed by atoms with Crippen molar-refractivity contribution in [3.05, 3.63) is 47.6 Å². The summed E-state index contributed by atoms with van der Waals surface area (Å²) in [7, 11) is 0. The van der Waals surface area contributed by atoms with Crippen LogP contribution in [-0.2, 0) is 0 Å². The Hall–Kier alpha value is -1.04. The zero-order valence-electron chi connectivity index (χ0n) is 18.1. The molecule has 24 heavy (non-hydrogen) atoms. The second-order valence-corrected chi connectivity index (χ2v) is 7.57. The zero-order valence-corrected chi connectivity index (χ0v) is 18.1. The molecule has 0 fully saturated rings. The van der Waals surface area contributed by atoms with Gasteiger partial charge >= 0.3 is 0 Å². The third kappa shape index (κ3) is 14.5. The summed E-state index contributed by atoms with van der Waals surface area (Å²) in [5.41, 5.74) is 3.29. The molecular formula is C24H44. The quantitative estimate of drug-likeness (QED) is 0.442. The molecule has 0 saturated heterocycles. The molecule has 0 unspecified atom stereocenters. The minimum absolute atomic E-state index is 0.334. The fourth-order valence-corrected chi connectivity index (χ4v) is 1.88. The van der Waals surface area contributed by atoms with Gasteiger partial charge in [0.2, 0.25) is 0 Å². The molecule has 0 amide bonds. The molecule has 0 aromatic carbocycles. The summed E-state index contributed by atoms with van der Waals surface area (Å²) < 4.78 is 0. The Morgan fingerprint density at radius 1 is 1.21 bits per heavy atom. The standard InChI is InChI=1S/C12H22.C7H10.C5H12/c1-6-9-10-11(7-2)12(4,5)8-3;1-7-5-3-2-4-6-7;1-4-5(2)3/h7,9-10H,6,8H2,1-5H3;2-3,5H,4,6H2,1H3;5H,4H2,1-3H3/b10-9-,11-7+;;. The van der Waals surface area contributed by atoms with Crippen molar-refractivity contribution >= 4 is 0 Å². The van der Waals surface area contributed by atoms with Gasteiger partial charge in [-0.15, -0.1) is 0 Å². The third-order valence-corrected chi connectivity index (χ3v) is 4.55. The third-order valence-electron chi connectivity index (χ3n) is 4.55. The first-order chi connectivity index (χ1) is 11.2. The van der Waals surface area contributed by atoms with Crippen LogP contribution in [0.15, 0.2) is 47.6 Å². The SMILES string of the molecule is C/C=C(\C=C/CC)C(C)(C)CC.CC1=CC=CCC1.CCC(C)C. The molecule has 0 aromatic rings. The normalized spacial score (nSPS) is 14.8. The summed E-state index contributed by atoms with van der Waals surface area (Å²) in [6.07, 6.45) is 19.3. The van der Waals surface area contributed by atoms with Crippen molar-refractivity contribution < 1.29 is 0 Å². The molecule has 1 aliphatic rings. The first kappa shape index (κ1) is 25.2. The van der Waals surface area contributed by atoms with Crippen LogP contribution >= 0.6 is 0 Å². The van der Waals surface area contributed by atoms with Crippen molar-refractivity contribution in [2.75, 3.05) is 0 Å². The minimum atomic E-state index is 0.334. The van der Waals surface area contributed by atoms with E-state index in [0.717, 1.165) is 12.3 Å². The summed E-state index contributed by atoms with van der Waals surface area (Å²) >= 11 is 0. The average Bonchev–Trinajstić information content (AvgIpc) is 2.57. The van der Waals surface area contributed by atoms with Gasteiger partial charge in [0.1, 0.15) is 0 Å². The van der Waals surface area contributed by atoms with Crippen molar-refractivity contribution in [1.29, 1.82) is 0 Å². The number of hydrogen-bond donors (Lipinski definition) is 0. The molecule has 0 atom stereocenters.